The predicted octanol–water partition coefficient (Wildman–Crippen LogP) is 4.04. The van der Waals surface area contributed by atoms with Gasteiger partial charge in [0.1, 0.15) is 23.1 Å². The number of amides is 2. The largest absolute Gasteiger partial charge is 0.335 e. The normalized spacial score (nSPS) is 22.8. The van der Waals surface area contributed by atoms with Crippen LogP contribution >= 0.6 is 34.8 Å². The van der Waals surface area contributed by atoms with Gasteiger partial charge in [-0.3, -0.25) is 9.59 Å². The summed E-state index contributed by atoms with van der Waals surface area (Å²) in [5.41, 5.74) is 0.809. The minimum atomic E-state index is -4.18. The molecule has 8 nitrogen and oxygen atoms in total. The fourth-order valence-electron chi connectivity index (χ4n) is 5.00. The van der Waals surface area contributed by atoms with Crippen LogP contribution < -0.4 is 5.32 Å². The minimum absolute atomic E-state index is 0.00988. The number of hydrogen-bond acceptors (Lipinski definition) is 5. The van der Waals surface area contributed by atoms with Crippen molar-refractivity contribution in [1.82, 2.24) is 19.4 Å². The molecular formula is C26H31Cl3N4O4S. The lowest BCUT2D eigenvalue weighted by Crippen LogP contribution is -2.76. The van der Waals surface area contributed by atoms with Gasteiger partial charge >= 0.3 is 0 Å². The van der Waals surface area contributed by atoms with Crippen molar-refractivity contribution >= 4 is 56.6 Å². The van der Waals surface area contributed by atoms with Crippen LogP contribution in [0.1, 0.15) is 32.8 Å². The highest BCUT2D eigenvalue weighted by molar-refractivity contribution is 7.89. The molecule has 0 bridgehead atoms. The van der Waals surface area contributed by atoms with Crippen molar-refractivity contribution in [2.24, 2.45) is 0 Å². The maximum absolute atomic E-state index is 14.1. The Labute approximate surface area is 238 Å². The summed E-state index contributed by atoms with van der Waals surface area (Å²) in [5.74, 6) is -0.523. The van der Waals surface area contributed by atoms with Crippen molar-refractivity contribution in [1.29, 1.82) is 0 Å². The Kier molecular flexibility index (Phi) is 8.96. The molecule has 0 aliphatic carbocycles. The zero-order chi connectivity index (χ0) is 27.8. The number of hydrogen-bond donors (Lipinski definition) is 1. The third kappa shape index (κ3) is 5.69. The van der Waals surface area contributed by atoms with E-state index in [2.05, 4.69) is 5.32 Å². The van der Waals surface area contributed by atoms with E-state index in [1.165, 1.54) is 27.4 Å². The van der Waals surface area contributed by atoms with Crippen LogP contribution in [0.15, 0.2) is 47.4 Å². The second-order valence-corrected chi connectivity index (χ2v) is 13.0. The van der Waals surface area contributed by atoms with Gasteiger partial charge in [0.2, 0.25) is 21.8 Å². The van der Waals surface area contributed by atoms with Crippen LogP contribution in [-0.2, 0) is 26.0 Å². The molecule has 3 atom stereocenters. The molecule has 2 heterocycles. The number of fused-ring (bicyclic) bond motifs is 1. The molecule has 38 heavy (non-hydrogen) atoms. The number of carbonyl (C=O) groups is 2. The van der Waals surface area contributed by atoms with E-state index >= 15 is 0 Å². The van der Waals surface area contributed by atoms with E-state index in [9.17, 15) is 18.0 Å². The van der Waals surface area contributed by atoms with Crippen LogP contribution in [0.4, 0.5) is 0 Å². The van der Waals surface area contributed by atoms with Gasteiger partial charge in [0.05, 0.1) is 11.6 Å². The molecule has 3 unspecified atom stereocenters. The number of piperazine rings is 1. The van der Waals surface area contributed by atoms with Crippen molar-refractivity contribution in [2.45, 2.75) is 62.8 Å². The monoisotopic (exact) mass is 600 g/mol. The Bertz CT molecular complexity index is 1310. The quantitative estimate of drug-likeness (QED) is 0.494. The van der Waals surface area contributed by atoms with E-state index in [1.54, 1.807) is 17.0 Å². The summed E-state index contributed by atoms with van der Waals surface area (Å²) >= 11 is 18.4. The summed E-state index contributed by atoms with van der Waals surface area (Å²) in [5, 5.41) is 4.03. The summed E-state index contributed by atoms with van der Waals surface area (Å²) in [6.45, 7) is 6.17. The molecule has 2 aliphatic rings. The van der Waals surface area contributed by atoms with Crippen molar-refractivity contribution < 1.29 is 18.0 Å². The van der Waals surface area contributed by atoms with Crippen LogP contribution in [0, 0.1) is 0 Å². The van der Waals surface area contributed by atoms with E-state index in [-0.39, 0.29) is 47.3 Å². The van der Waals surface area contributed by atoms with E-state index < -0.39 is 28.3 Å². The summed E-state index contributed by atoms with van der Waals surface area (Å²) in [6, 6.07) is 9.37. The molecule has 206 valence electrons. The fraction of sp³-hybridized carbons (Fsp3) is 0.462. The van der Waals surface area contributed by atoms with Crippen molar-refractivity contribution in [3.8, 4) is 0 Å². The van der Waals surface area contributed by atoms with Crippen LogP contribution in [0.25, 0.3) is 0 Å². The topological polar surface area (TPSA) is 90.0 Å². The summed E-state index contributed by atoms with van der Waals surface area (Å²) in [4.78, 5) is 30.6. The number of rotatable bonds is 8. The second kappa shape index (κ2) is 11.7. The maximum Gasteiger partial charge on any atom is 0.246 e. The molecule has 2 saturated heterocycles. The average molecular weight is 602 g/mol. The zero-order valence-electron chi connectivity index (χ0n) is 21.4. The highest BCUT2D eigenvalue weighted by Crippen LogP contribution is 2.35. The molecule has 2 aliphatic heterocycles. The van der Waals surface area contributed by atoms with Gasteiger partial charge in [-0.05, 0) is 62.7 Å². The van der Waals surface area contributed by atoms with E-state index in [0.29, 0.717) is 16.6 Å². The lowest BCUT2D eigenvalue weighted by Gasteiger charge is -2.54. The van der Waals surface area contributed by atoms with Crippen LogP contribution in [-0.4, -0.2) is 78.3 Å². The van der Waals surface area contributed by atoms with Gasteiger partial charge in [0, 0.05) is 29.1 Å². The van der Waals surface area contributed by atoms with Gasteiger partial charge < -0.3 is 15.1 Å². The Balaban J connectivity index is 1.82. The molecule has 2 amide bonds. The van der Waals surface area contributed by atoms with Crippen LogP contribution in [0.5, 0.6) is 0 Å². The first-order valence-corrected chi connectivity index (χ1v) is 15.1. The van der Waals surface area contributed by atoms with Gasteiger partial charge in [0.25, 0.3) is 0 Å². The number of nitrogens with one attached hydrogen (secondary N) is 1. The van der Waals surface area contributed by atoms with Gasteiger partial charge in [0.15, 0.2) is 0 Å². The number of nitrogens with zero attached hydrogens (tertiary/aromatic N) is 3. The molecule has 0 radical (unpaired) electrons. The Morgan fingerprint density at radius 3 is 2.24 bits per heavy atom. The smallest absolute Gasteiger partial charge is 0.246 e. The average Bonchev–Trinajstić information content (AvgIpc) is 2.85. The van der Waals surface area contributed by atoms with Crippen LogP contribution in [0.3, 0.4) is 0 Å². The first-order chi connectivity index (χ1) is 17.9. The van der Waals surface area contributed by atoms with Gasteiger partial charge in [-0.25, -0.2) is 8.42 Å². The predicted molar refractivity (Wildman–Crippen MR) is 149 cm³/mol. The molecule has 12 heteroatoms. The van der Waals surface area contributed by atoms with Crippen molar-refractivity contribution in [2.75, 3.05) is 19.6 Å². The van der Waals surface area contributed by atoms with E-state index in [0.717, 1.165) is 12.0 Å². The lowest BCUT2D eigenvalue weighted by molar-refractivity contribution is -0.168. The van der Waals surface area contributed by atoms with Crippen LogP contribution in [0.2, 0.25) is 15.1 Å². The third-order valence-corrected chi connectivity index (χ3v) is 9.75. The first kappa shape index (κ1) is 29.1. The Hall–Kier alpha value is -1.88. The molecule has 2 aromatic carbocycles. The standard InChI is InChI=1S/C26H31Cl3N4O4S/c1-4-11-30-21-14-32(38(36,37)23-10-9-19(28)13-20(23)29)24-15-31(16(2)3)26(35)22(33(24)25(21)34)12-17-5-7-18(27)8-6-17/h5-10,13,16,21-22,24,30H,4,11-12,14-15H2,1-3H3. The summed E-state index contributed by atoms with van der Waals surface area (Å²) in [6.07, 6.45) is 0.0609. The highest BCUT2D eigenvalue weighted by atomic mass is 35.5. The number of sulfonamides is 1. The van der Waals surface area contributed by atoms with Gasteiger partial charge in [-0.1, -0.05) is 53.9 Å². The molecular weight excluding hydrogens is 571 g/mol. The lowest BCUT2D eigenvalue weighted by atomic mass is 9.96. The summed E-state index contributed by atoms with van der Waals surface area (Å²) in [7, 11) is -4.18. The number of benzene rings is 2. The SMILES string of the molecule is CCCNC1CN(S(=O)(=O)c2ccc(Cl)cc2Cl)C2CN(C(C)C)C(=O)C(Cc3ccc(Cl)cc3)N2C1=O. The molecule has 4 rings (SSSR count). The van der Waals surface area contributed by atoms with Gasteiger partial charge in [-0.15, -0.1) is 0 Å². The second-order valence-electron chi connectivity index (χ2n) is 9.81. The Morgan fingerprint density at radius 1 is 0.974 bits per heavy atom. The third-order valence-electron chi connectivity index (χ3n) is 6.92. The van der Waals surface area contributed by atoms with Crippen molar-refractivity contribution in [3.05, 3.63) is 63.1 Å². The van der Waals surface area contributed by atoms with E-state index in [1.807, 2.05) is 32.9 Å². The number of carbonyl (C=O) groups excluding carboxylic acids is 2. The van der Waals surface area contributed by atoms with Gasteiger partial charge in [-0.2, -0.15) is 4.31 Å². The first-order valence-electron chi connectivity index (χ1n) is 12.5. The van der Waals surface area contributed by atoms with E-state index in [4.69, 9.17) is 34.8 Å². The molecule has 2 fully saturated rings. The van der Waals surface area contributed by atoms with Crippen molar-refractivity contribution in [3.63, 3.8) is 0 Å². The minimum Gasteiger partial charge on any atom is -0.335 e. The summed E-state index contributed by atoms with van der Waals surface area (Å²) < 4.78 is 29.4. The Morgan fingerprint density at radius 2 is 1.63 bits per heavy atom. The molecule has 2 aromatic rings. The molecule has 0 spiro atoms. The maximum atomic E-state index is 14.1. The fourth-order valence-corrected chi connectivity index (χ4v) is 7.46. The highest BCUT2D eigenvalue weighted by Gasteiger charge is 2.54. The molecule has 1 N–H and O–H groups in total. The molecule has 0 aromatic heterocycles. The zero-order valence-corrected chi connectivity index (χ0v) is 24.5. The number of halogens is 3. The molecule has 0 saturated carbocycles.